The molecule has 1 fully saturated rings. The van der Waals surface area contributed by atoms with Gasteiger partial charge in [0.25, 0.3) is 0 Å². The maximum atomic E-state index is 12.4. The van der Waals surface area contributed by atoms with Gasteiger partial charge in [0.05, 0.1) is 0 Å². The number of halogens is 2. The number of carbonyl (C=O) groups is 1. The molecule has 0 aromatic heterocycles. The van der Waals surface area contributed by atoms with Gasteiger partial charge in [-0.05, 0) is 37.0 Å². The van der Waals surface area contributed by atoms with Crippen LogP contribution in [0.1, 0.15) is 31.2 Å². The zero-order chi connectivity index (χ0) is 16.1. The standard InChI is InChI=1S/C16H22F2N2O2/c1-20(15(21)12-3-2-4-13(19)9-12)10-11-5-7-14(8-6-11)22-16(17)18/h5-8,12-13,16H,2-4,9-10,19H2,1H3. The van der Waals surface area contributed by atoms with E-state index in [-0.39, 0.29) is 23.6 Å². The molecule has 0 aliphatic heterocycles. The third-order valence-corrected chi connectivity index (χ3v) is 4.01. The van der Waals surface area contributed by atoms with E-state index in [9.17, 15) is 13.6 Å². The molecule has 1 aromatic rings. The van der Waals surface area contributed by atoms with Gasteiger partial charge in [-0.25, -0.2) is 0 Å². The van der Waals surface area contributed by atoms with Gasteiger partial charge in [-0.1, -0.05) is 18.6 Å². The Balaban J connectivity index is 1.90. The molecule has 1 aliphatic carbocycles. The van der Waals surface area contributed by atoms with Gasteiger partial charge in [0, 0.05) is 25.6 Å². The van der Waals surface area contributed by atoms with Crippen molar-refractivity contribution >= 4 is 5.91 Å². The summed E-state index contributed by atoms with van der Waals surface area (Å²) in [4.78, 5) is 14.1. The molecule has 0 radical (unpaired) electrons. The van der Waals surface area contributed by atoms with Crippen molar-refractivity contribution in [3.8, 4) is 5.75 Å². The summed E-state index contributed by atoms with van der Waals surface area (Å²) in [5.41, 5.74) is 6.80. The second kappa shape index (κ2) is 7.54. The summed E-state index contributed by atoms with van der Waals surface area (Å²) in [5.74, 6) is 0.212. The molecule has 1 saturated carbocycles. The Kier molecular flexibility index (Phi) is 5.71. The molecule has 2 N–H and O–H groups in total. The van der Waals surface area contributed by atoms with Crippen LogP contribution in [0.3, 0.4) is 0 Å². The van der Waals surface area contributed by atoms with Crippen LogP contribution in [-0.2, 0) is 11.3 Å². The van der Waals surface area contributed by atoms with Crippen molar-refractivity contribution < 1.29 is 18.3 Å². The number of carbonyl (C=O) groups excluding carboxylic acids is 1. The zero-order valence-electron chi connectivity index (χ0n) is 12.7. The molecule has 22 heavy (non-hydrogen) atoms. The molecule has 1 aromatic carbocycles. The van der Waals surface area contributed by atoms with E-state index in [1.54, 1.807) is 24.1 Å². The number of benzene rings is 1. The lowest BCUT2D eigenvalue weighted by atomic mass is 9.85. The molecule has 122 valence electrons. The number of hydrogen-bond acceptors (Lipinski definition) is 3. The molecule has 1 amide bonds. The van der Waals surface area contributed by atoms with Crippen LogP contribution in [-0.4, -0.2) is 30.5 Å². The SMILES string of the molecule is CN(Cc1ccc(OC(F)F)cc1)C(=O)C1CCCC(N)C1. The predicted octanol–water partition coefficient (Wildman–Crippen LogP) is 2.76. The number of nitrogens with two attached hydrogens (primary N) is 1. The van der Waals surface area contributed by atoms with E-state index in [2.05, 4.69) is 4.74 Å². The maximum Gasteiger partial charge on any atom is 0.387 e. The van der Waals surface area contributed by atoms with Crippen LogP contribution in [0.5, 0.6) is 5.75 Å². The van der Waals surface area contributed by atoms with Gasteiger partial charge in [-0.3, -0.25) is 4.79 Å². The van der Waals surface area contributed by atoms with Gasteiger partial charge < -0.3 is 15.4 Å². The number of amides is 1. The molecule has 0 bridgehead atoms. The van der Waals surface area contributed by atoms with Gasteiger partial charge in [0.15, 0.2) is 0 Å². The monoisotopic (exact) mass is 312 g/mol. The van der Waals surface area contributed by atoms with Gasteiger partial charge >= 0.3 is 6.61 Å². The van der Waals surface area contributed by atoms with Gasteiger partial charge in [-0.2, -0.15) is 8.78 Å². The predicted molar refractivity (Wildman–Crippen MR) is 79.5 cm³/mol. The summed E-state index contributed by atoms with van der Waals surface area (Å²) in [7, 11) is 1.76. The Labute approximate surface area is 129 Å². The van der Waals surface area contributed by atoms with E-state index in [4.69, 9.17) is 5.73 Å². The van der Waals surface area contributed by atoms with E-state index >= 15 is 0 Å². The molecule has 4 nitrogen and oxygen atoms in total. The average molecular weight is 312 g/mol. The normalized spacial score (nSPS) is 21.7. The van der Waals surface area contributed by atoms with Crippen LogP contribution < -0.4 is 10.5 Å². The van der Waals surface area contributed by atoms with Crippen molar-refractivity contribution in [2.75, 3.05) is 7.05 Å². The van der Waals surface area contributed by atoms with Gasteiger partial charge in [0.1, 0.15) is 5.75 Å². The molecular formula is C16H22F2N2O2. The van der Waals surface area contributed by atoms with E-state index in [0.717, 1.165) is 31.2 Å². The maximum absolute atomic E-state index is 12.4. The van der Waals surface area contributed by atoms with Crippen LogP contribution in [0.2, 0.25) is 0 Å². The van der Waals surface area contributed by atoms with Crippen LogP contribution in [0, 0.1) is 5.92 Å². The molecule has 6 heteroatoms. The second-order valence-corrected chi connectivity index (χ2v) is 5.84. The average Bonchev–Trinajstić information content (AvgIpc) is 2.48. The van der Waals surface area contributed by atoms with Crippen LogP contribution in [0.15, 0.2) is 24.3 Å². The summed E-state index contributed by atoms with van der Waals surface area (Å²) < 4.78 is 28.5. The minimum absolute atomic E-state index is 0.00445. The highest BCUT2D eigenvalue weighted by Crippen LogP contribution is 2.25. The number of ether oxygens (including phenoxy) is 1. The Hall–Kier alpha value is -1.69. The Morgan fingerprint density at radius 3 is 2.64 bits per heavy atom. The Morgan fingerprint density at radius 2 is 2.05 bits per heavy atom. The number of hydrogen-bond donors (Lipinski definition) is 1. The first-order valence-corrected chi connectivity index (χ1v) is 7.50. The molecule has 2 atom stereocenters. The zero-order valence-corrected chi connectivity index (χ0v) is 12.7. The molecule has 2 rings (SSSR count). The topological polar surface area (TPSA) is 55.6 Å². The third-order valence-electron chi connectivity index (χ3n) is 4.01. The number of alkyl halides is 2. The lowest BCUT2D eigenvalue weighted by Crippen LogP contribution is -2.38. The van der Waals surface area contributed by atoms with Crippen molar-refractivity contribution in [2.45, 2.75) is 44.9 Å². The van der Waals surface area contributed by atoms with Crippen LogP contribution in [0.25, 0.3) is 0 Å². The van der Waals surface area contributed by atoms with Crippen LogP contribution >= 0.6 is 0 Å². The quantitative estimate of drug-likeness (QED) is 0.909. The summed E-state index contributed by atoms with van der Waals surface area (Å²) >= 11 is 0. The van der Waals surface area contributed by atoms with E-state index in [1.807, 2.05) is 0 Å². The lowest BCUT2D eigenvalue weighted by Gasteiger charge is -2.29. The fraction of sp³-hybridized carbons (Fsp3) is 0.562. The second-order valence-electron chi connectivity index (χ2n) is 5.84. The summed E-state index contributed by atoms with van der Waals surface area (Å²) in [6.45, 7) is -2.38. The fourth-order valence-corrected chi connectivity index (χ4v) is 2.89. The van der Waals surface area contributed by atoms with Crippen molar-refractivity contribution in [1.29, 1.82) is 0 Å². The number of rotatable bonds is 5. The summed E-state index contributed by atoms with van der Waals surface area (Å²) in [6, 6.07) is 6.45. The molecule has 0 heterocycles. The largest absolute Gasteiger partial charge is 0.435 e. The third kappa shape index (κ3) is 4.66. The highest BCUT2D eigenvalue weighted by atomic mass is 19.3. The van der Waals surface area contributed by atoms with Crippen molar-refractivity contribution in [2.24, 2.45) is 11.7 Å². The summed E-state index contributed by atoms with van der Waals surface area (Å²) in [5, 5.41) is 0. The smallest absolute Gasteiger partial charge is 0.387 e. The Morgan fingerprint density at radius 1 is 1.36 bits per heavy atom. The van der Waals surface area contributed by atoms with Crippen molar-refractivity contribution in [1.82, 2.24) is 4.90 Å². The highest BCUT2D eigenvalue weighted by molar-refractivity contribution is 5.78. The molecule has 0 spiro atoms. The molecular weight excluding hydrogens is 290 g/mol. The van der Waals surface area contributed by atoms with Crippen molar-refractivity contribution in [3.63, 3.8) is 0 Å². The Bertz CT molecular complexity index is 493. The van der Waals surface area contributed by atoms with E-state index in [1.165, 1.54) is 12.1 Å². The van der Waals surface area contributed by atoms with Crippen molar-refractivity contribution in [3.05, 3.63) is 29.8 Å². The minimum atomic E-state index is -2.83. The van der Waals surface area contributed by atoms with E-state index < -0.39 is 6.61 Å². The molecule has 2 unspecified atom stereocenters. The van der Waals surface area contributed by atoms with Gasteiger partial charge in [-0.15, -0.1) is 0 Å². The highest BCUT2D eigenvalue weighted by Gasteiger charge is 2.27. The lowest BCUT2D eigenvalue weighted by molar-refractivity contribution is -0.135. The van der Waals surface area contributed by atoms with Gasteiger partial charge in [0.2, 0.25) is 5.91 Å². The summed E-state index contributed by atoms with van der Waals surface area (Å²) in [6.07, 6.45) is 3.60. The minimum Gasteiger partial charge on any atom is -0.435 e. The first kappa shape index (κ1) is 16.7. The first-order chi connectivity index (χ1) is 10.5. The first-order valence-electron chi connectivity index (χ1n) is 7.50. The number of nitrogens with zero attached hydrogens (tertiary/aromatic N) is 1. The molecule has 1 aliphatic rings. The van der Waals surface area contributed by atoms with Crippen LogP contribution in [0.4, 0.5) is 8.78 Å². The van der Waals surface area contributed by atoms with E-state index in [0.29, 0.717) is 6.54 Å². The fourth-order valence-electron chi connectivity index (χ4n) is 2.89. The molecule has 0 saturated heterocycles.